The summed E-state index contributed by atoms with van der Waals surface area (Å²) in [7, 11) is 0. The molecule has 15 nitrogen and oxygen atoms in total. The number of nitrogens with zero attached hydrogens (tertiary/aromatic N) is 2. The van der Waals surface area contributed by atoms with Crippen molar-refractivity contribution < 1.29 is 29.4 Å². The number of nitrogens with one attached hydrogen (secondary N) is 4. The van der Waals surface area contributed by atoms with Gasteiger partial charge in [-0.15, -0.1) is 0 Å². The molecule has 4 unspecified atom stereocenters. The average Bonchev–Trinajstić information content (AvgIpc) is 3.31. The van der Waals surface area contributed by atoms with Gasteiger partial charge in [-0.2, -0.15) is 0 Å². The molecule has 1 heterocycles. The highest BCUT2D eigenvalue weighted by Crippen LogP contribution is 2.08. The maximum absolute atomic E-state index is 13.1. The number of aromatic amines is 1. The van der Waals surface area contributed by atoms with Gasteiger partial charge >= 0.3 is 5.97 Å². The van der Waals surface area contributed by atoms with E-state index in [1.165, 1.54) is 12.5 Å². The Hall–Kier alpha value is -3.72. The fraction of sp³-hybridized carbons (Fsp3) is 0.619. The number of hydrogen-bond donors (Lipinski definition) is 9. The van der Waals surface area contributed by atoms with Crippen molar-refractivity contribution in [3.05, 3.63) is 18.2 Å². The molecule has 0 aromatic carbocycles. The molecule has 12 N–H and O–H groups in total. The van der Waals surface area contributed by atoms with Crippen LogP contribution in [-0.2, 0) is 25.6 Å². The third kappa shape index (κ3) is 11.1. The van der Waals surface area contributed by atoms with Crippen LogP contribution in [0.5, 0.6) is 0 Å². The number of carbonyl (C=O) groups is 4. The topological polar surface area (TPSA) is 264 Å². The Morgan fingerprint density at radius 1 is 1.06 bits per heavy atom. The molecule has 0 bridgehead atoms. The van der Waals surface area contributed by atoms with Gasteiger partial charge in [-0.3, -0.25) is 19.4 Å². The minimum Gasteiger partial charge on any atom is -0.480 e. The van der Waals surface area contributed by atoms with Crippen LogP contribution >= 0.6 is 0 Å². The summed E-state index contributed by atoms with van der Waals surface area (Å²) < 4.78 is 0. The minimum atomic E-state index is -1.55. The van der Waals surface area contributed by atoms with Gasteiger partial charge in [-0.25, -0.2) is 9.78 Å². The first-order chi connectivity index (χ1) is 16.9. The van der Waals surface area contributed by atoms with Gasteiger partial charge in [0, 0.05) is 24.9 Å². The Morgan fingerprint density at radius 2 is 1.67 bits per heavy atom. The van der Waals surface area contributed by atoms with E-state index in [1.54, 1.807) is 0 Å². The van der Waals surface area contributed by atoms with Crippen LogP contribution in [0.4, 0.5) is 0 Å². The predicted molar refractivity (Wildman–Crippen MR) is 130 cm³/mol. The van der Waals surface area contributed by atoms with Gasteiger partial charge in [0.05, 0.1) is 19.0 Å². The summed E-state index contributed by atoms with van der Waals surface area (Å²) in [5.74, 6) is -3.53. The SMILES string of the molecule is CC(C)CC(NC(=O)C(N)CCCN=C(N)N)C(=O)NC(Cc1cnc[nH]1)C(=O)NC(CO)C(=O)O. The van der Waals surface area contributed by atoms with Crippen molar-refractivity contribution in [2.24, 2.45) is 28.1 Å². The summed E-state index contributed by atoms with van der Waals surface area (Å²) in [6.45, 7) is 3.18. The summed E-state index contributed by atoms with van der Waals surface area (Å²) in [6, 6.07) is -4.69. The molecule has 15 heteroatoms. The Kier molecular flexibility index (Phi) is 12.9. The largest absolute Gasteiger partial charge is 0.480 e. The third-order valence-electron chi connectivity index (χ3n) is 5.05. The zero-order valence-corrected chi connectivity index (χ0v) is 20.4. The number of aliphatic hydroxyl groups is 1. The molecule has 1 aromatic heterocycles. The lowest BCUT2D eigenvalue weighted by atomic mass is 10.0. The normalized spacial score (nSPS) is 14.2. The Labute approximate surface area is 208 Å². The summed E-state index contributed by atoms with van der Waals surface area (Å²) in [5.41, 5.74) is 17.0. The first-order valence-corrected chi connectivity index (χ1v) is 11.5. The van der Waals surface area contributed by atoms with Crippen LogP contribution in [0.25, 0.3) is 0 Å². The van der Waals surface area contributed by atoms with Gasteiger partial charge in [0.2, 0.25) is 17.7 Å². The minimum absolute atomic E-state index is 0.00445. The fourth-order valence-corrected chi connectivity index (χ4v) is 3.19. The van der Waals surface area contributed by atoms with Crippen molar-refractivity contribution in [1.29, 1.82) is 0 Å². The van der Waals surface area contributed by atoms with Gasteiger partial charge in [0.15, 0.2) is 5.96 Å². The maximum Gasteiger partial charge on any atom is 0.328 e. The van der Waals surface area contributed by atoms with Crippen molar-refractivity contribution in [3.63, 3.8) is 0 Å². The molecule has 0 aliphatic heterocycles. The second kappa shape index (κ2) is 15.3. The number of aliphatic carboxylic acids is 1. The van der Waals surface area contributed by atoms with Crippen LogP contribution in [0.3, 0.4) is 0 Å². The lowest BCUT2D eigenvalue weighted by Crippen LogP contribution is -2.58. The standard InChI is InChI=1S/C21H37N9O6/c1-11(2)6-14(28-17(32)13(22)4-3-5-26-21(23)24)18(33)29-15(7-12-8-25-10-27-12)19(34)30-16(9-31)20(35)36/h8,10-11,13-16,31H,3-7,9,22H2,1-2H3,(H,25,27)(H,28,32)(H,29,33)(H,30,34)(H,35,36)(H4,23,24,26). The van der Waals surface area contributed by atoms with E-state index in [4.69, 9.17) is 22.3 Å². The monoisotopic (exact) mass is 511 g/mol. The molecule has 1 aromatic rings. The second-order valence-electron chi connectivity index (χ2n) is 8.67. The number of aromatic nitrogens is 2. The van der Waals surface area contributed by atoms with Crippen LogP contribution in [0, 0.1) is 5.92 Å². The number of amides is 3. The average molecular weight is 512 g/mol. The second-order valence-corrected chi connectivity index (χ2v) is 8.67. The number of rotatable bonds is 16. The number of aliphatic hydroxyl groups excluding tert-OH is 1. The molecule has 0 fully saturated rings. The number of guanidine groups is 1. The number of nitrogens with two attached hydrogens (primary N) is 3. The lowest BCUT2D eigenvalue weighted by Gasteiger charge is -2.25. The molecular formula is C21H37N9O6. The highest BCUT2D eigenvalue weighted by atomic mass is 16.4. The molecule has 4 atom stereocenters. The summed E-state index contributed by atoms with van der Waals surface area (Å²) in [4.78, 5) is 60.2. The van der Waals surface area contributed by atoms with Crippen LogP contribution in [0.1, 0.15) is 38.8 Å². The van der Waals surface area contributed by atoms with Crippen LogP contribution in [-0.4, -0.2) is 87.2 Å². The van der Waals surface area contributed by atoms with Crippen LogP contribution in [0.2, 0.25) is 0 Å². The molecule has 1 rings (SSSR count). The van der Waals surface area contributed by atoms with Gasteiger partial charge in [-0.1, -0.05) is 13.8 Å². The first-order valence-electron chi connectivity index (χ1n) is 11.5. The van der Waals surface area contributed by atoms with E-state index in [-0.39, 0.29) is 31.1 Å². The maximum atomic E-state index is 13.1. The Balaban J connectivity index is 2.94. The van der Waals surface area contributed by atoms with Crippen molar-refractivity contribution in [2.45, 2.75) is 63.7 Å². The van der Waals surface area contributed by atoms with Gasteiger partial charge < -0.3 is 48.3 Å². The molecule has 0 radical (unpaired) electrons. The number of hydrogen-bond acceptors (Lipinski definition) is 8. The summed E-state index contributed by atoms with van der Waals surface area (Å²) in [6.07, 6.45) is 3.78. The Morgan fingerprint density at radius 3 is 2.19 bits per heavy atom. The predicted octanol–water partition coefficient (Wildman–Crippen LogP) is -3.09. The molecule has 0 aliphatic rings. The lowest BCUT2D eigenvalue weighted by molar-refractivity contribution is -0.143. The molecule has 202 valence electrons. The molecule has 36 heavy (non-hydrogen) atoms. The van der Waals surface area contributed by atoms with Crippen LogP contribution in [0.15, 0.2) is 17.5 Å². The van der Waals surface area contributed by atoms with E-state index in [0.717, 1.165) is 0 Å². The Bertz CT molecular complexity index is 886. The summed E-state index contributed by atoms with van der Waals surface area (Å²) >= 11 is 0. The highest BCUT2D eigenvalue weighted by Gasteiger charge is 2.31. The van der Waals surface area contributed by atoms with Gasteiger partial charge in [-0.05, 0) is 25.2 Å². The number of aliphatic imine (C=N–C) groups is 1. The van der Waals surface area contributed by atoms with E-state index in [0.29, 0.717) is 18.7 Å². The molecule has 0 spiro atoms. The van der Waals surface area contributed by atoms with Crippen molar-refractivity contribution in [3.8, 4) is 0 Å². The molecular weight excluding hydrogens is 474 g/mol. The quantitative estimate of drug-likeness (QED) is 0.0613. The van der Waals surface area contributed by atoms with Crippen molar-refractivity contribution in [1.82, 2.24) is 25.9 Å². The van der Waals surface area contributed by atoms with E-state index >= 15 is 0 Å². The van der Waals surface area contributed by atoms with Gasteiger partial charge in [0.25, 0.3) is 0 Å². The van der Waals surface area contributed by atoms with Crippen molar-refractivity contribution >= 4 is 29.7 Å². The molecule has 0 saturated heterocycles. The number of carboxylic acid groups (broad SMARTS) is 1. The zero-order chi connectivity index (χ0) is 27.3. The van der Waals surface area contributed by atoms with Crippen molar-refractivity contribution in [2.75, 3.05) is 13.2 Å². The van der Waals surface area contributed by atoms with E-state index in [2.05, 4.69) is 30.9 Å². The first kappa shape index (κ1) is 30.3. The molecule has 3 amide bonds. The smallest absolute Gasteiger partial charge is 0.328 e. The van der Waals surface area contributed by atoms with E-state index in [9.17, 15) is 24.3 Å². The van der Waals surface area contributed by atoms with E-state index < -0.39 is 54.5 Å². The van der Waals surface area contributed by atoms with Crippen LogP contribution < -0.4 is 33.2 Å². The number of H-pyrrole nitrogens is 1. The molecule has 0 aliphatic carbocycles. The van der Waals surface area contributed by atoms with E-state index in [1.807, 2.05) is 13.8 Å². The van der Waals surface area contributed by atoms with Gasteiger partial charge in [0.1, 0.15) is 18.1 Å². The fourth-order valence-electron chi connectivity index (χ4n) is 3.19. The number of imidazole rings is 1. The molecule has 0 saturated carbocycles. The number of carbonyl (C=O) groups excluding carboxylic acids is 3. The summed E-state index contributed by atoms with van der Waals surface area (Å²) in [5, 5.41) is 25.7. The third-order valence-corrected chi connectivity index (χ3v) is 5.05. The number of carboxylic acids is 1. The highest BCUT2D eigenvalue weighted by molar-refractivity contribution is 5.94. The zero-order valence-electron chi connectivity index (χ0n) is 20.4.